The molecule has 0 saturated heterocycles. The van der Waals surface area contributed by atoms with Gasteiger partial charge in [0.25, 0.3) is 0 Å². The lowest BCUT2D eigenvalue weighted by Gasteiger charge is -2.03. The summed E-state index contributed by atoms with van der Waals surface area (Å²) in [5.74, 6) is 0. The quantitative estimate of drug-likeness (QED) is 0.455. The molecule has 0 unspecified atom stereocenters. The monoisotopic (exact) mass is 262 g/mol. The van der Waals surface area contributed by atoms with Crippen molar-refractivity contribution in [2.45, 2.75) is 0 Å². The standard InChI is InChI=1S/C19H15N/c1-20-18-10-6-5-9-16(18)17-12-11-15(13-19(17)20)14-7-3-2-4-8-14/h2-13H,1H3/i2D,3D,4D,7D,8D. The molecule has 0 N–H and O–H groups in total. The molecule has 3 aromatic carbocycles. The molecule has 0 radical (unpaired) electrons. The second kappa shape index (κ2) is 4.24. The average molecular weight is 262 g/mol. The minimum Gasteiger partial charge on any atom is -0.344 e. The van der Waals surface area contributed by atoms with E-state index in [4.69, 9.17) is 6.85 Å². The number of rotatable bonds is 1. The van der Waals surface area contributed by atoms with E-state index in [-0.39, 0.29) is 35.8 Å². The Morgan fingerprint density at radius 3 is 2.40 bits per heavy atom. The van der Waals surface area contributed by atoms with Crippen molar-refractivity contribution in [3.05, 3.63) is 72.7 Å². The van der Waals surface area contributed by atoms with Crippen LogP contribution in [0.15, 0.2) is 72.7 Å². The van der Waals surface area contributed by atoms with Gasteiger partial charge in [-0.1, -0.05) is 60.5 Å². The Morgan fingerprint density at radius 2 is 1.55 bits per heavy atom. The van der Waals surface area contributed by atoms with Crippen molar-refractivity contribution in [1.82, 2.24) is 4.57 Å². The molecule has 0 spiro atoms. The fourth-order valence-corrected chi connectivity index (χ4v) is 2.71. The fraction of sp³-hybridized carbons (Fsp3) is 0.0526. The highest BCUT2D eigenvalue weighted by Crippen LogP contribution is 2.31. The molecule has 20 heavy (non-hydrogen) atoms. The van der Waals surface area contributed by atoms with E-state index in [1.165, 1.54) is 0 Å². The molecular weight excluding hydrogens is 242 g/mol. The van der Waals surface area contributed by atoms with Crippen molar-refractivity contribution in [2.75, 3.05) is 0 Å². The third-order valence-electron chi connectivity index (χ3n) is 3.70. The molecule has 0 aliphatic rings. The van der Waals surface area contributed by atoms with Gasteiger partial charge in [-0.25, -0.2) is 0 Å². The highest BCUT2D eigenvalue weighted by atomic mass is 14.9. The molecule has 0 aliphatic carbocycles. The topological polar surface area (TPSA) is 4.93 Å². The summed E-state index contributed by atoms with van der Waals surface area (Å²) in [5.41, 5.74) is 2.91. The molecule has 1 nitrogen and oxygen atoms in total. The number of benzene rings is 3. The van der Waals surface area contributed by atoms with Gasteiger partial charge in [0.05, 0.1) is 6.85 Å². The summed E-state index contributed by atoms with van der Waals surface area (Å²) in [5, 5.41) is 2.21. The van der Waals surface area contributed by atoms with E-state index in [0.717, 1.165) is 21.8 Å². The van der Waals surface area contributed by atoms with Crippen LogP contribution in [-0.2, 0) is 7.05 Å². The number of aromatic nitrogens is 1. The Balaban J connectivity index is 2.07. The summed E-state index contributed by atoms with van der Waals surface area (Å²) in [6.45, 7) is 0. The number of para-hydroxylation sites is 1. The number of aryl methyl sites for hydroxylation is 1. The minimum atomic E-state index is -0.371. The molecule has 4 aromatic rings. The first-order chi connectivity index (χ1) is 11.9. The zero-order chi connectivity index (χ0) is 17.9. The lowest BCUT2D eigenvalue weighted by Crippen LogP contribution is -1.86. The van der Waals surface area contributed by atoms with Crippen molar-refractivity contribution >= 4 is 21.8 Å². The van der Waals surface area contributed by atoms with Crippen molar-refractivity contribution in [3.8, 4) is 11.1 Å². The van der Waals surface area contributed by atoms with Gasteiger partial charge in [0.2, 0.25) is 0 Å². The molecule has 1 heterocycles. The largest absolute Gasteiger partial charge is 0.344 e. The molecule has 0 fully saturated rings. The molecule has 0 aliphatic heterocycles. The van der Waals surface area contributed by atoms with Crippen LogP contribution in [-0.4, -0.2) is 4.57 Å². The van der Waals surface area contributed by atoms with Crippen LogP contribution in [0.4, 0.5) is 0 Å². The van der Waals surface area contributed by atoms with E-state index in [2.05, 4.69) is 10.6 Å². The highest BCUT2D eigenvalue weighted by Gasteiger charge is 2.08. The third-order valence-corrected chi connectivity index (χ3v) is 3.70. The zero-order valence-electron chi connectivity index (χ0n) is 16.0. The number of fused-ring (bicyclic) bond motifs is 3. The van der Waals surface area contributed by atoms with Crippen molar-refractivity contribution in [3.63, 3.8) is 0 Å². The molecule has 1 heteroatoms. The predicted octanol–water partition coefficient (Wildman–Crippen LogP) is 5.00. The molecule has 0 bridgehead atoms. The average Bonchev–Trinajstić information content (AvgIpc) is 2.91. The van der Waals surface area contributed by atoms with E-state index >= 15 is 0 Å². The normalized spacial score (nSPS) is 14.8. The Labute approximate surface area is 125 Å². The predicted molar refractivity (Wildman–Crippen MR) is 85.9 cm³/mol. The number of hydrogen-bond acceptors (Lipinski definition) is 0. The molecule has 0 amide bonds. The summed E-state index contributed by atoms with van der Waals surface area (Å²) < 4.78 is 41.9. The van der Waals surface area contributed by atoms with E-state index in [9.17, 15) is 0 Å². The second-order valence-electron chi connectivity index (χ2n) is 4.81. The van der Waals surface area contributed by atoms with Gasteiger partial charge in [-0.3, -0.25) is 0 Å². The van der Waals surface area contributed by atoms with Crippen LogP contribution < -0.4 is 0 Å². The SMILES string of the molecule is [2H]c1c([2H])c([2H])c(-c2ccc3c4ccccc4n(C)c3c2)c([2H])c1[2H]. The maximum absolute atomic E-state index is 8.16. The van der Waals surface area contributed by atoms with E-state index in [1.54, 1.807) is 0 Å². The molecule has 0 atom stereocenters. The maximum Gasteiger partial charge on any atom is 0.0629 e. The first-order valence-electron chi connectivity index (χ1n) is 8.96. The van der Waals surface area contributed by atoms with Crippen LogP contribution in [0.25, 0.3) is 32.9 Å². The summed E-state index contributed by atoms with van der Waals surface area (Å²) in [7, 11) is 1.97. The fourth-order valence-electron chi connectivity index (χ4n) is 2.71. The van der Waals surface area contributed by atoms with Gasteiger partial charge < -0.3 is 4.57 Å². The van der Waals surface area contributed by atoms with Gasteiger partial charge in [0.15, 0.2) is 0 Å². The lowest BCUT2D eigenvalue weighted by molar-refractivity contribution is 1.01. The summed E-state index contributed by atoms with van der Waals surface area (Å²) in [6.07, 6.45) is 0. The Kier molecular flexibility index (Phi) is 1.55. The van der Waals surface area contributed by atoms with Crippen LogP contribution in [0, 0.1) is 0 Å². The van der Waals surface area contributed by atoms with Crippen molar-refractivity contribution < 1.29 is 6.85 Å². The van der Waals surface area contributed by atoms with E-state index in [1.807, 2.05) is 43.4 Å². The smallest absolute Gasteiger partial charge is 0.0629 e. The Hall–Kier alpha value is -2.54. The van der Waals surface area contributed by atoms with Crippen LogP contribution in [0.2, 0.25) is 0 Å². The molecule has 96 valence electrons. The van der Waals surface area contributed by atoms with Gasteiger partial charge >= 0.3 is 0 Å². The van der Waals surface area contributed by atoms with Crippen LogP contribution in [0.1, 0.15) is 6.85 Å². The van der Waals surface area contributed by atoms with Gasteiger partial charge in [-0.2, -0.15) is 0 Å². The highest BCUT2D eigenvalue weighted by molar-refractivity contribution is 6.08. The van der Waals surface area contributed by atoms with Crippen LogP contribution in [0.3, 0.4) is 0 Å². The van der Waals surface area contributed by atoms with Crippen molar-refractivity contribution in [2.24, 2.45) is 7.05 Å². The Morgan fingerprint density at radius 1 is 0.800 bits per heavy atom. The van der Waals surface area contributed by atoms with Crippen LogP contribution in [0.5, 0.6) is 0 Å². The van der Waals surface area contributed by atoms with Gasteiger partial charge in [0.1, 0.15) is 0 Å². The first-order valence-corrected chi connectivity index (χ1v) is 6.46. The molecule has 0 saturated carbocycles. The summed E-state index contributed by atoms with van der Waals surface area (Å²) in [6, 6.07) is 12.4. The molecule has 1 aromatic heterocycles. The van der Waals surface area contributed by atoms with Crippen molar-refractivity contribution in [1.29, 1.82) is 0 Å². The van der Waals surface area contributed by atoms with E-state index < -0.39 is 0 Å². The van der Waals surface area contributed by atoms with Gasteiger partial charge in [0, 0.05) is 28.9 Å². The lowest BCUT2D eigenvalue weighted by atomic mass is 10.0. The first kappa shape index (κ1) is 7.30. The van der Waals surface area contributed by atoms with Crippen LogP contribution >= 0.6 is 0 Å². The number of nitrogens with zero attached hydrogens (tertiary/aromatic N) is 1. The second-order valence-corrected chi connectivity index (χ2v) is 4.81. The number of hydrogen-bond donors (Lipinski definition) is 0. The minimum absolute atomic E-state index is 0.177. The maximum atomic E-state index is 8.16. The molecule has 4 rings (SSSR count). The third kappa shape index (κ3) is 1.56. The van der Waals surface area contributed by atoms with Gasteiger partial charge in [-0.15, -0.1) is 0 Å². The Bertz CT molecular complexity index is 1130. The molecular formula is C19H15N. The zero-order valence-corrected chi connectivity index (χ0v) is 11.0. The van der Waals surface area contributed by atoms with Gasteiger partial charge in [-0.05, 0) is 23.3 Å². The summed E-state index contributed by atoms with van der Waals surface area (Å²) in [4.78, 5) is 0. The summed E-state index contributed by atoms with van der Waals surface area (Å²) >= 11 is 0. The van der Waals surface area contributed by atoms with E-state index in [0.29, 0.717) is 5.56 Å².